The van der Waals surface area contributed by atoms with Crippen LogP contribution in [0.1, 0.15) is 49.5 Å². The summed E-state index contributed by atoms with van der Waals surface area (Å²) in [6.45, 7) is 0. The normalized spacial score (nSPS) is 20.1. The van der Waals surface area contributed by atoms with Gasteiger partial charge in [0.05, 0.1) is 38.4 Å². The summed E-state index contributed by atoms with van der Waals surface area (Å²) in [7, 11) is 0. The third-order valence-electron chi connectivity index (χ3n) is 7.42. The van der Waals surface area contributed by atoms with Crippen molar-refractivity contribution in [2.24, 2.45) is 0 Å². The molecular formula is C45H30O. The van der Waals surface area contributed by atoms with Gasteiger partial charge in [-0.25, -0.2) is 0 Å². The molecule has 1 heterocycles. The summed E-state index contributed by atoms with van der Waals surface area (Å²) in [5.41, 5.74) is -6.47. The van der Waals surface area contributed by atoms with Crippen LogP contribution in [0.25, 0.3) is 76.9 Å². The molecule has 9 aromatic rings. The molecular weight excluding hydrogens is 556 g/mol. The first-order valence-electron chi connectivity index (χ1n) is 27.6. The Labute approximate surface area is 307 Å². The second-order valence-corrected chi connectivity index (χ2v) is 9.89. The molecule has 0 aliphatic heterocycles. The van der Waals surface area contributed by atoms with Crippen LogP contribution in [0.3, 0.4) is 0 Å². The first-order chi connectivity index (χ1) is 34.5. The summed E-state index contributed by atoms with van der Waals surface area (Å²) in [4.78, 5) is 0. The van der Waals surface area contributed by atoms with Crippen molar-refractivity contribution in [2.75, 3.05) is 0 Å². The molecule has 0 fully saturated rings. The van der Waals surface area contributed by atoms with Crippen LogP contribution in [0.4, 0.5) is 0 Å². The standard InChI is InChI=1S/C45H30O/c1-3-14-30(15-4-1)32-26-27-39-43(29-32)46-42-25-13-24-40(45(39)42)44-37-22-11-9-20-35(37)41(36-21-10-12-23-38(36)44)28-33-18-7-8-19-34(33)31-16-5-2-6-17-31/h1-27,29H,28H2/i1D,2D,3D,4D,5D,6D,7D,8D,9D,10D,11D,12D,13D,14D,15D,16D,17D,18D,19D,20D,21D,22D,23D,24D,25D,26D,27D,29D. The number of hydrogen-bond acceptors (Lipinski definition) is 1. The van der Waals surface area contributed by atoms with E-state index in [0.717, 1.165) is 0 Å². The summed E-state index contributed by atoms with van der Waals surface area (Å²) in [6, 6.07) is -25.4. The molecule has 216 valence electrons. The molecule has 0 amide bonds. The summed E-state index contributed by atoms with van der Waals surface area (Å²) < 4.78 is 255. The largest absolute Gasteiger partial charge is 0.456 e. The van der Waals surface area contributed by atoms with Crippen molar-refractivity contribution in [3.8, 4) is 33.4 Å². The summed E-state index contributed by atoms with van der Waals surface area (Å²) in [5, 5.41) is -3.66. The predicted octanol–water partition coefficient (Wildman–Crippen LogP) is 12.5. The molecule has 0 atom stereocenters. The van der Waals surface area contributed by atoms with Gasteiger partial charge in [0, 0.05) is 10.8 Å². The van der Waals surface area contributed by atoms with Gasteiger partial charge in [0.25, 0.3) is 0 Å². The number of benzene rings is 8. The minimum Gasteiger partial charge on any atom is -0.456 e. The Balaban J connectivity index is 1.55. The van der Waals surface area contributed by atoms with Gasteiger partial charge in [0.2, 0.25) is 0 Å². The fraction of sp³-hybridized carbons (Fsp3) is 0.0222. The van der Waals surface area contributed by atoms with Crippen LogP contribution in [0.5, 0.6) is 0 Å². The molecule has 0 unspecified atom stereocenters. The van der Waals surface area contributed by atoms with Gasteiger partial charge < -0.3 is 4.42 Å². The molecule has 1 aromatic heterocycles. The van der Waals surface area contributed by atoms with Gasteiger partial charge in [-0.1, -0.05) is 151 Å². The Morgan fingerprint density at radius 2 is 1.00 bits per heavy atom. The van der Waals surface area contributed by atoms with Gasteiger partial charge in [0.1, 0.15) is 11.2 Å². The molecule has 0 saturated carbocycles. The van der Waals surface area contributed by atoms with Crippen molar-refractivity contribution in [2.45, 2.75) is 6.42 Å². The van der Waals surface area contributed by atoms with Crippen LogP contribution in [-0.2, 0) is 6.42 Å². The van der Waals surface area contributed by atoms with Crippen molar-refractivity contribution in [3.05, 3.63) is 180 Å². The first kappa shape index (κ1) is 10.6. The Hall–Kier alpha value is -5.92. The highest BCUT2D eigenvalue weighted by Crippen LogP contribution is 2.45. The molecule has 1 nitrogen and oxygen atoms in total. The SMILES string of the molecule is [2H]c1c([2H])c([2H])c(-c2c([2H])c([2H])c([2H])c([2H])c2Cc2c3c([2H])c([2H])c([2H])c([2H])c3c(-c3c([2H])c([2H])c([2H])c4oc5c([2H])c(-c6c([2H])c([2H])c([2H])c([2H])c6[2H])c([2H])c([2H])c5c34)c3c([2H])c([2H])c([2H])c([2H])c23)c([2H])c1[2H]. The molecule has 9 rings (SSSR count). The first-order valence-corrected chi connectivity index (χ1v) is 13.6. The van der Waals surface area contributed by atoms with E-state index in [9.17, 15) is 12.3 Å². The van der Waals surface area contributed by atoms with Crippen LogP contribution in [0, 0.1) is 0 Å². The minimum atomic E-state index is -0.972. The smallest absolute Gasteiger partial charge is 0.136 e. The van der Waals surface area contributed by atoms with E-state index in [-0.39, 0.29) is 0 Å². The van der Waals surface area contributed by atoms with E-state index < -0.39 is 264 Å². The Kier molecular flexibility index (Phi) is 2.51. The lowest BCUT2D eigenvalue weighted by Gasteiger charge is -2.19. The van der Waals surface area contributed by atoms with Crippen molar-refractivity contribution >= 4 is 43.5 Å². The lowest BCUT2D eigenvalue weighted by Crippen LogP contribution is -1.97. The Morgan fingerprint density at radius 1 is 0.413 bits per heavy atom. The molecule has 8 aromatic carbocycles. The second-order valence-electron chi connectivity index (χ2n) is 9.89. The van der Waals surface area contributed by atoms with Gasteiger partial charge in [-0.15, -0.1) is 0 Å². The monoisotopic (exact) mass is 614 g/mol. The van der Waals surface area contributed by atoms with E-state index in [2.05, 4.69) is 0 Å². The molecule has 0 radical (unpaired) electrons. The summed E-state index contributed by atoms with van der Waals surface area (Å²) in [6.07, 6.45) is -0.972. The van der Waals surface area contributed by atoms with Crippen LogP contribution in [0.15, 0.2) is 174 Å². The van der Waals surface area contributed by atoms with Crippen molar-refractivity contribution in [1.29, 1.82) is 0 Å². The van der Waals surface area contributed by atoms with E-state index in [0.29, 0.717) is 0 Å². The van der Waals surface area contributed by atoms with Gasteiger partial charge in [0.15, 0.2) is 0 Å². The maximum atomic E-state index is 9.52. The van der Waals surface area contributed by atoms with Gasteiger partial charge >= 0.3 is 0 Å². The van der Waals surface area contributed by atoms with Crippen LogP contribution < -0.4 is 0 Å². The zero-order chi connectivity index (χ0) is 54.8. The van der Waals surface area contributed by atoms with E-state index >= 15 is 0 Å². The average molecular weight is 615 g/mol. The van der Waals surface area contributed by atoms with Crippen LogP contribution in [0.2, 0.25) is 0 Å². The summed E-state index contributed by atoms with van der Waals surface area (Å²) >= 11 is 0. The zero-order valence-corrected chi connectivity index (χ0v) is 23.1. The highest BCUT2D eigenvalue weighted by molar-refractivity contribution is 6.22. The number of furan rings is 1. The minimum absolute atomic E-state index is 0.481. The predicted molar refractivity (Wildman–Crippen MR) is 194 cm³/mol. The maximum Gasteiger partial charge on any atom is 0.136 e. The fourth-order valence-corrected chi connectivity index (χ4v) is 5.50. The summed E-state index contributed by atoms with van der Waals surface area (Å²) in [5.74, 6) is 0. The van der Waals surface area contributed by atoms with Crippen LogP contribution >= 0.6 is 0 Å². The molecule has 0 N–H and O–H groups in total. The zero-order valence-electron chi connectivity index (χ0n) is 51.1. The third kappa shape index (κ3) is 4.32. The molecule has 0 bridgehead atoms. The van der Waals surface area contributed by atoms with Crippen molar-refractivity contribution in [1.82, 2.24) is 0 Å². The average Bonchev–Trinajstić information content (AvgIpc) is 3.78. The highest BCUT2D eigenvalue weighted by atomic mass is 16.3. The molecule has 0 aliphatic carbocycles. The third-order valence-corrected chi connectivity index (χ3v) is 7.42. The van der Waals surface area contributed by atoms with Gasteiger partial charge in [-0.3, -0.25) is 0 Å². The molecule has 0 spiro atoms. The lowest BCUT2D eigenvalue weighted by atomic mass is 9.84. The Bertz CT molecular complexity index is 4000. The van der Waals surface area contributed by atoms with E-state index in [1.165, 1.54) is 0 Å². The topological polar surface area (TPSA) is 13.1 Å². The highest BCUT2D eigenvalue weighted by Gasteiger charge is 2.20. The van der Waals surface area contributed by atoms with E-state index in [4.69, 9.17) is 30.5 Å². The number of rotatable bonds is 5. The van der Waals surface area contributed by atoms with Gasteiger partial charge in [-0.2, -0.15) is 0 Å². The lowest BCUT2D eigenvalue weighted by molar-refractivity contribution is 0.669. The number of hydrogen-bond donors (Lipinski definition) is 0. The van der Waals surface area contributed by atoms with Gasteiger partial charge in [-0.05, 0) is 90.6 Å². The molecule has 0 aliphatic rings. The Morgan fingerprint density at radius 3 is 1.72 bits per heavy atom. The van der Waals surface area contributed by atoms with Crippen molar-refractivity contribution < 1.29 is 42.8 Å². The van der Waals surface area contributed by atoms with Crippen LogP contribution in [-0.4, -0.2) is 0 Å². The van der Waals surface area contributed by atoms with E-state index in [1.807, 2.05) is 0 Å². The second kappa shape index (κ2) is 10.9. The molecule has 46 heavy (non-hydrogen) atoms. The maximum absolute atomic E-state index is 9.52. The fourth-order valence-electron chi connectivity index (χ4n) is 5.50. The molecule has 1 heteroatoms. The number of fused-ring (bicyclic) bond motifs is 5. The molecule has 0 saturated heterocycles. The quantitative estimate of drug-likeness (QED) is 0.176. The van der Waals surface area contributed by atoms with E-state index in [1.54, 1.807) is 0 Å². The van der Waals surface area contributed by atoms with Crippen molar-refractivity contribution in [3.63, 3.8) is 0 Å².